The largest absolute Gasteiger partial charge is 0.480 e. The number of benzene rings is 2. The van der Waals surface area contributed by atoms with Gasteiger partial charge in [0.05, 0.1) is 0 Å². The predicted octanol–water partition coefficient (Wildman–Crippen LogP) is 2.25. The Balaban J connectivity index is 2.12. The molecule has 0 saturated heterocycles. The molecule has 0 aliphatic carbocycles. The molecule has 0 fully saturated rings. The molecule has 2 aromatic carbocycles. The number of nitrogens with one attached hydrogen (secondary N) is 1. The Morgan fingerprint density at radius 2 is 1.67 bits per heavy atom. The number of aliphatic carboxylic acids is 1. The third-order valence-corrected chi connectivity index (χ3v) is 3.02. The molecule has 1 atom stereocenters. The fraction of sp³-hybridized carbons (Fsp3) is 0.125. The molecule has 2 aromatic rings. The Bertz CT molecular complexity index is 643. The van der Waals surface area contributed by atoms with E-state index in [0.717, 1.165) is 0 Å². The Labute approximate surface area is 121 Å². The molecular weight excluding hydrogens is 273 g/mol. The zero-order valence-corrected chi connectivity index (χ0v) is 11.1. The van der Waals surface area contributed by atoms with Crippen LogP contribution in [0.4, 0.5) is 4.39 Å². The van der Waals surface area contributed by atoms with E-state index in [2.05, 4.69) is 5.32 Å². The van der Waals surface area contributed by atoms with Crippen molar-refractivity contribution in [1.29, 1.82) is 0 Å². The Morgan fingerprint density at radius 1 is 1.05 bits per heavy atom. The van der Waals surface area contributed by atoms with Crippen LogP contribution < -0.4 is 5.32 Å². The highest BCUT2D eigenvalue weighted by Gasteiger charge is 2.22. The molecule has 0 unspecified atom stereocenters. The highest BCUT2D eigenvalue weighted by molar-refractivity contribution is 5.96. The zero-order valence-electron chi connectivity index (χ0n) is 11.1. The van der Waals surface area contributed by atoms with Gasteiger partial charge >= 0.3 is 5.97 Å². The average Bonchev–Trinajstić information content (AvgIpc) is 2.49. The summed E-state index contributed by atoms with van der Waals surface area (Å²) >= 11 is 0. The number of hydrogen-bond acceptors (Lipinski definition) is 2. The summed E-state index contributed by atoms with van der Waals surface area (Å²) in [6.45, 7) is 0. The molecule has 1 amide bonds. The summed E-state index contributed by atoms with van der Waals surface area (Å²) in [6, 6.07) is 13.0. The molecule has 5 heteroatoms. The van der Waals surface area contributed by atoms with Crippen molar-refractivity contribution in [3.05, 3.63) is 71.5 Å². The van der Waals surface area contributed by atoms with Crippen molar-refractivity contribution >= 4 is 11.9 Å². The monoisotopic (exact) mass is 287 g/mol. The second kappa shape index (κ2) is 6.65. The minimum Gasteiger partial charge on any atom is -0.480 e. The van der Waals surface area contributed by atoms with Crippen molar-refractivity contribution in [3.8, 4) is 0 Å². The van der Waals surface area contributed by atoms with Crippen LogP contribution in [0.15, 0.2) is 54.6 Å². The number of carbonyl (C=O) groups excluding carboxylic acids is 1. The SMILES string of the molecule is O=C(N[C@H](Cc1ccccc1F)C(=O)O)c1ccccc1. The van der Waals surface area contributed by atoms with Crippen molar-refractivity contribution in [2.75, 3.05) is 0 Å². The Morgan fingerprint density at radius 3 is 2.29 bits per heavy atom. The van der Waals surface area contributed by atoms with Crippen LogP contribution in [0.1, 0.15) is 15.9 Å². The van der Waals surface area contributed by atoms with Gasteiger partial charge in [-0.05, 0) is 23.8 Å². The third kappa shape index (κ3) is 3.89. The number of hydrogen-bond donors (Lipinski definition) is 2. The molecule has 21 heavy (non-hydrogen) atoms. The highest BCUT2D eigenvalue weighted by atomic mass is 19.1. The van der Waals surface area contributed by atoms with E-state index in [-0.39, 0.29) is 12.0 Å². The van der Waals surface area contributed by atoms with Gasteiger partial charge in [0.25, 0.3) is 5.91 Å². The molecule has 2 N–H and O–H groups in total. The predicted molar refractivity (Wildman–Crippen MR) is 75.4 cm³/mol. The number of carboxylic acids is 1. The third-order valence-electron chi connectivity index (χ3n) is 3.02. The van der Waals surface area contributed by atoms with Crippen LogP contribution in [0.25, 0.3) is 0 Å². The second-order valence-corrected chi connectivity index (χ2v) is 4.53. The lowest BCUT2D eigenvalue weighted by Crippen LogP contribution is -2.42. The summed E-state index contributed by atoms with van der Waals surface area (Å²) in [5.41, 5.74) is 0.607. The van der Waals surface area contributed by atoms with E-state index >= 15 is 0 Å². The standard InChI is InChI=1S/C16H14FNO3/c17-13-9-5-4-8-12(13)10-14(16(20)21)18-15(19)11-6-2-1-3-7-11/h1-9,14H,10H2,(H,18,19)(H,20,21)/t14-/m1/s1. The van der Waals surface area contributed by atoms with Crippen molar-refractivity contribution in [1.82, 2.24) is 5.32 Å². The molecule has 0 spiro atoms. The molecule has 0 radical (unpaired) electrons. The maximum atomic E-state index is 13.6. The number of halogens is 1. The van der Waals surface area contributed by atoms with Gasteiger partial charge < -0.3 is 10.4 Å². The van der Waals surface area contributed by atoms with E-state index in [1.54, 1.807) is 36.4 Å². The normalized spacial score (nSPS) is 11.7. The molecule has 0 aliphatic heterocycles. The van der Waals surface area contributed by atoms with Crippen LogP contribution >= 0.6 is 0 Å². The van der Waals surface area contributed by atoms with Gasteiger partial charge in [-0.15, -0.1) is 0 Å². The molecule has 4 nitrogen and oxygen atoms in total. The molecule has 0 bridgehead atoms. The van der Waals surface area contributed by atoms with Crippen LogP contribution in [0.5, 0.6) is 0 Å². The van der Waals surface area contributed by atoms with E-state index in [1.165, 1.54) is 18.2 Å². The quantitative estimate of drug-likeness (QED) is 0.886. The van der Waals surface area contributed by atoms with Gasteiger partial charge in [-0.2, -0.15) is 0 Å². The van der Waals surface area contributed by atoms with E-state index in [0.29, 0.717) is 5.56 Å². The summed E-state index contributed by atoms with van der Waals surface area (Å²) in [7, 11) is 0. The highest BCUT2D eigenvalue weighted by Crippen LogP contribution is 2.10. The van der Waals surface area contributed by atoms with Gasteiger partial charge in [0.15, 0.2) is 0 Å². The summed E-state index contributed by atoms with van der Waals surface area (Å²) < 4.78 is 13.6. The van der Waals surface area contributed by atoms with Crippen LogP contribution in [0, 0.1) is 5.82 Å². The minimum atomic E-state index is -1.21. The van der Waals surface area contributed by atoms with E-state index < -0.39 is 23.7 Å². The van der Waals surface area contributed by atoms with E-state index in [1.807, 2.05) is 0 Å². The average molecular weight is 287 g/mol. The molecule has 0 heterocycles. The van der Waals surface area contributed by atoms with Gasteiger partial charge in [0.2, 0.25) is 0 Å². The number of amides is 1. The first kappa shape index (κ1) is 14.7. The molecule has 0 aromatic heterocycles. The first-order valence-corrected chi connectivity index (χ1v) is 6.40. The Hall–Kier alpha value is -2.69. The van der Waals surface area contributed by atoms with Crippen molar-refractivity contribution in [3.63, 3.8) is 0 Å². The second-order valence-electron chi connectivity index (χ2n) is 4.53. The summed E-state index contributed by atoms with van der Waals surface area (Å²) in [6.07, 6.45) is -0.111. The van der Waals surface area contributed by atoms with Gasteiger partial charge in [-0.3, -0.25) is 4.79 Å². The molecule has 0 aliphatic rings. The van der Waals surface area contributed by atoms with Crippen LogP contribution in [0.2, 0.25) is 0 Å². The lowest BCUT2D eigenvalue weighted by Gasteiger charge is -2.15. The van der Waals surface area contributed by atoms with Gasteiger partial charge in [-0.1, -0.05) is 36.4 Å². The summed E-state index contributed by atoms with van der Waals surface area (Å²) in [5, 5.41) is 11.6. The number of carbonyl (C=O) groups is 2. The Kier molecular flexibility index (Phi) is 4.66. The fourth-order valence-electron chi connectivity index (χ4n) is 1.92. The summed E-state index contributed by atoms with van der Waals surface area (Å²) in [5.74, 6) is -2.19. The summed E-state index contributed by atoms with van der Waals surface area (Å²) in [4.78, 5) is 23.2. The number of carboxylic acid groups (broad SMARTS) is 1. The topological polar surface area (TPSA) is 66.4 Å². The zero-order chi connectivity index (χ0) is 15.2. The molecule has 0 saturated carbocycles. The van der Waals surface area contributed by atoms with Crippen molar-refractivity contribution < 1.29 is 19.1 Å². The van der Waals surface area contributed by atoms with Gasteiger partial charge in [-0.25, -0.2) is 9.18 Å². The first-order chi connectivity index (χ1) is 10.1. The van der Waals surface area contributed by atoms with Crippen LogP contribution in [-0.4, -0.2) is 23.0 Å². The molecule has 2 rings (SSSR count). The van der Waals surface area contributed by atoms with Crippen molar-refractivity contribution in [2.45, 2.75) is 12.5 Å². The first-order valence-electron chi connectivity index (χ1n) is 6.40. The van der Waals surface area contributed by atoms with Crippen LogP contribution in [0.3, 0.4) is 0 Å². The fourth-order valence-corrected chi connectivity index (χ4v) is 1.92. The number of rotatable bonds is 5. The molecular formula is C16H14FNO3. The van der Waals surface area contributed by atoms with Crippen LogP contribution in [-0.2, 0) is 11.2 Å². The van der Waals surface area contributed by atoms with Crippen molar-refractivity contribution in [2.24, 2.45) is 0 Å². The smallest absolute Gasteiger partial charge is 0.326 e. The maximum absolute atomic E-state index is 13.6. The lowest BCUT2D eigenvalue weighted by atomic mass is 10.0. The molecule has 108 valence electrons. The van der Waals surface area contributed by atoms with Gasteiger partial charge in [0.1, 0.15) is 11.9 Å². The minimum absolute atomic E-state index is 0.111. The lowest BCUT2D eigenvalue weighted by molar-refractivity contribution is -0.139. The maximum Gasteiger partial charge on any atom is 0.326 e. The van der Waals surface area contributed by atoms with E-state index in [9.17, 15) is 19.1 Å². The van der Waals surface area contributed by atoms with Gasteiger partial charge in [0, 0.05) is 12.0 Å². The van der Waals surface area contributed by atoms with E-state index in [4.69, 9.17) is 0 Å².